The molecule has 2 aromatic rings. The number of benzene rings is 2. The maximum absolute atomic E-state index is 13.9. The summed E-state index contributed by atoms with van der Waals surface area (Å²) in [6, 6.07) is 9.84. The van der Waals surface area contributed by atoms with E-state index in [4.69, 9.17) is 0 Å². The summed E-state index contributed by atoms with van der Waals surface area (Å²) < 4.78 is 0. The van der Waals surface area contributed by atoms with E-state index in [1.165, 1.54) is 6.07 Å². The van der Waals surface area contributed by atoms with Gasteiger partial charge in [-0.15, -0.1) is 0 Å². The molecule has 1 spiro atoms. The minimum atomic E-state index is -1.24. The number of hydrogen-bond acceptors (Lipinski definition) is 6. The van der Waals surface area contributed by atoms with E-state index >= 15 is 0 Å². The number of imide groups is 1. The Morgan fingerprint density at radius 3 is 2.64 bits per heavy atom. The van der Waals surface area contributed by atoms with Crippen molar-refractivity contribution >= 4 is 34.8 Å². The number of nitrogens with one attached hydrogen (secondary N) is 1. The first-order valence-electron chi connectivity index (χ1n) is 11.1. The Balaban J connectivity index is 1.54. The van der Waals surface area contributed by atoms with Crippen LogP contribution in [0, 0.1) is 35.8 Å². The number of aryl methyl sites for hydroxylation is 2. The average molecular weight is 446 g/mol. The molecule has 6 rings (SSSR count). The van der Waals surface area contributed by atoms with Gasteiger partial charge in [-0.05, 0) is 45.4 Å². The van der Waals surface area contributed by atoms with Gasteiger partial charge in [0.2, 0.25) is 17.7 Å². The van der Waals surface area contributed by atoms with Gasteiger partial charge in [0.25, 0.3) is 5.69 Å². The smallest absolute Gasteiger partial charge is 0.274 e. The molecule has 0 saturated carbocycles. The molecule has 3 saturated heterocycles. The maximum atomic E-state index is 13.9. The first kappa shape index (κ1) is 20.0. The van der Waals surface area contributed by atoms with Gasteiger partial charge < -0.3 is 5.32 Å². The molecule has 9 heteroatoms. The highest BCUT2D eigenvalue weighted by atomic mass is 16.6. The van der Waals surface area contributed by atoms with Crippen LogP contribution in [0.2, 0.25) is 0 Å². The summed E-state index contributed by atoms with van der Waals surface area (Å²) in [7, 11) is 0. The molecule has 2 aromatic carbocycles. The summed E-state index contributed by atoms with van der Waals surface area (Å²) in [6.45, 7) is 4.18. The summed E-state index contributed by atoms with van der Waals surface area (Å²) in [5.74, 6) is -2.68. The van der Waals surface area contributed by atoms with Crippen LogP contribution in [-0.2, 0) is 19.9 Å². The number of hydrogen-bond donors (Lipinski definition) is 1. The number of anilines is 2. The van der Waals surface area contributed by atoms with Crippen molar-refractivity contribution < 1.29 is 19.3 Å². The van der Waals surface area contributed by atoms with Crippen molar-refractivity contribution in [1.82, 2.24) is 4.90 Å². The van der Waals surface area contributed by atoms with Crippen LogP contribution in [0.4, 0.5) is 17.1 Å². The third-order valence-corrected chi connectivity index (χ3v) is 7.80. The van der Waals surface area contributed by atoms with Gasteiger partial charge in [0.1, 0.15) is 5.54 Å². The lowest BCUT2D eigenvalue weighted by Gasteiger charge is -2.36. The van der Waals surface area contributed by atoms with E-state index in [0.29, 0.717) is 17.8 Å². The summed E-state index contributed by atoms with van der Waals surface area (Å²) in [4.78, 5) is 55.3. The molecule has 0 aromatic heterocycles. The monoisotopic (exact) mass is 446 g/mol. The van der Waals surface area contributed by atoms with Crippen LogP contribution in [0.1, 0.15) is 29.5 Å². The van der Waals surface area contributed by atoms with E-state index in [-0.39, 0.29) is 29.2 Å². The van der Waals surface area contributed by atoms with Gasteiger partial charge in [0, 0.05) is 28.9 Å². The van der Waals surface area contributed by atoms with Gasteiger partial charge >= 0.3 is 0 Å². The summed E-state index contributed by atoms with van der Waals surface area (Å²) >= 11 is 0. The average Bonchev–Trinajstić information content (AvgIpc) is 3.47. The molecule has 0 unspecified atom stereocenters. The highest BCUT2D eigenvalue weighted by Gasteiger charge is 2.74. The van der Waals surface area contributed by atoms with Crippen molar-refractivity contribution in [3.63, 3.8) is 0 Å². The van der Waals surface area contributed by atoms with Crippen molar-refractivity contribution in [3.05, 3.63) is 63.2 Å². The Bertz CT molecular complexity index is 1290. The third-order valence-electron chi connectivity index (χ3n) is 7.80. The number of nitro groups is 1. The number of carbonyl (C=O) groups excluding carboxylic acids is 3. The van der Waals surface area contributed by atoms with Crippen LogP contribution < -0.4 is 10.2 Å². The number of nitrogens with zero attached hydrogens (tertiary/aromatic N) is 3. The van der Waals surface area contributed by atoms with Crippen molar-refractivity contribution in [2.24, 2.45) is 11.8 Å². The lowest BCUT2D eigenvalue weighted by molar-refractivity contribution is -0.385. The quantitative estimate of drug-likeness (QED) is 0.431. The minimum absolute atomic E-state index is 0.151. The topological polar surface area (TPSA) is 113 Å². The van der Waals surface area contributed by atoms with E-state index < -0.39 is 28.2 Å². The fraction of sp³-hybridized carbons (Fsp3) is 0.375. The van der Waals surface area contributed by atoms with Crippen LogP contribution in [0.3, 0.4) is 0 Å². The molecular formula is C24H22N4O5. The van der Waals surface area contributed by atoms with Gasteiger partial charge in [0.05, 0.1) is 22.4 Å². The van der Waals surface area contributed by atoms with Crippen molar-refractivity contribution in [3.8, 4) is 0 Å². The van der Waals surface area contributed by atoms with Crippen LogP contribution in [0.5, 0.6) is 0 Å². The molecule has 3 fully saturated rings. The standard InChI is InChI=1S/C24H22N4O5/c1-12-5-8-16-15(10-12)24(23(31)25-16)20-19(17-4-3-9-26(17)24)21(29)27(22(20)30)14-7-6-13(2)18(11-14)28(32)33/h5-8,10-11,17,19-20H,3-4,9H2,1-2H3,(H,25,31)/t17-,19-,20-,24-/m1/s1. The Labute approximate surface area is 189 Å². The molecule has 9 nitrogen and oxygen atoms in total. The van der Waals surface area contributed by atoms with E-state index in [1.54, 1.807) is 19.1 Å². The highest BCUT2D eigenvalue weighted by Crippen LogP contribution is 2.60. The lowest BCUT2D eigenvalue weighted by Crippen LogP contribution is -2.54. The van der Waals surface area contributed by atoms with Crippen molar-refractivity contribution in [2.45, 2.75) is 38.3 Å². The normalized spacial score (nSPS) is 30.1. The number of rotatable bonds is 2. The maximum Gasteiger partial charge on any atom is 0.274 e. The molecule has 0 aliphatic carbocycles. The van der Waals surface area contributed by atoms with Gasteiger partial charge in [-0.25, -0.2) is 4.90 Å². The second-order valence-electron chi connectivity index (χ2n) is 9.42. The molecule has 168 valence electrons. The van der Waals surface area contributed by atoms with Crippen LogP contribution in [-0.4, -0.2) is 40.1 Å². The largest absolute Gasteiger partial charge is 0.324 e. The number of fused-ring (bicyclic) bond motifs is 7. The predicted molar refractivity (Wildman–Crippen MR) is 119 cm³/mol. The second kappa shape index (κ2) is 6.48. The SMILES string of the molecule is Cc1ccc2c(c1)[C@]1(C(=O)N2)[C@H]2C(=O)N(c3ccc(C)c([N+](=O)[O-])c3)C(=O)[C@@H]2[C@H]2CCCN21. The molecule has 0 radical (unpaired) electrons. The molecule has 33 heavy (non-hydrogen) atoms. The van der Waals surface area contributed by atoms with Gasteiger partial charge in [0.15, 0.2) is 0 Å². The third kappa shape index (κ3) is 2.32. The van der Waals surface area contributed by atoms with E-state index in [0.717, 1.165) is 28.9 Å². The zero-order chi connectivity index (χ0) is 23.2. The minimum Gasteiger partial charge on any atom is -0.324 e. The van der Waals surface area contributed by atoms with E-state index in [2.05, 4.69) is 10.2 Å². The lowest BCUT2D eigenvalue weighted by atomic mass is 9.75. The summed E-state index contributed by atoms with van der Waals surface area (Å²) in [6.07, 6.45) is 1.56. The van der Waals surface area contributed by atoms with Crippen LogP contribution in [0.15, 0.2) is 36.4 Å². The zero-order valence-electron chi connectivity index (χ0n) is 18.2. The zero-order valence-corrected chi connectivity index (χ0v) is 18.2. The van der Waals surface area contributed by atoms with Crippen LogP contribution in [0.25, 0.3) is 0 Å². The summed E-state index contributed by atoms with van der Waals surface area (Å²) in [5, 5.41) is 14.4. The Kier molecular flexibility index (Phi) is 3.93. The number of nitro benzene ring substituents is 1. The van der Waals surface area contributed by atoms with Crippen LogP contribution >= 0.6 is 0 Å². The molecule has 4 atom stereocenters. The van der Waals surface area contributed by atoms with Gasteiger partial charge in [-0.1, -0.05) is 23.8 Å². The van der Waals surface area contributed by atoms with Gasteiger partial charge in [-0.2, -0.15) is 0 Å². The molecule has 0 bridgehead atoms. The first-order valence-corrected chi connectivity index (χ1v) is 11.1. The molecule has 3 amide bonds. The first-order chi connectivity index (χ1) is 15.8. The predicted octanol–water partition coefficient (Wildman–Crippen LogP) is 2.64. The van der Waals surface area contributed by atoms with Gasteiger partial charge in [-0.3, -0.25) is 29.4 Å². The fourth-order valence-corrected chi connectivity index (χ4v) is 6.50. The molecular weight excluding hydrogens is 424 g/mol. The Hall–Kier alpha value is -3.59. The number of carbonyl (C=O) groups is 3. The molecule has 4 aliphatic heterocycles. The van der Waals surface area contributed by atoms with E-state index in [1.807, 2.05) is 25.1 Å². The second-order valence-corrected chi connectivity index (χ2v) is 9.42. The molecule has 1 N–H and O–H groups in total. The summed E-state index contributed by atoms with van der Waals surface area (Å²) in [5.41, 5.74) is 1.60. The Morgan fingerprint density at radius 2 is 1.88 bits per heavy atom. The molecule has 4 heterocycles. The Morgan fingerprint density at radius 1 is 1.09 bits per heavy atom. The fourth-order valence-electron chi connectivity index (χ4n) is 6.50. The number of amides is 3. The van der Waals surface area contributed by atoms with Crippen molar-refractivity contribution in [1.29, 1.82) is 0 Å². The van der Waals surface area contributed by atoms with E-state index in [9.17, 15) is 24.5 Å². The highest BCUT2D eigenvalue weighted by molar-refractivity contribution is 6.26. The van der Waals surface area contributed by atoms with Crippen molar-refractivity contribution in [2.75, 3.05) is 16.8 Å². The molecule has 4 aliphatic rings.